The molecule has 0 unspecified atom stereocenters. The Morgan fingerprint density at radius 3 is 1.75 bits per heavy atom. The van der Waals surface area contributed by atoms with Gasteiger partial charge in [-0.05, 0) is 72.7 Å². The normalized spacial score (nSPS) is 15.6. The second-order valence-electron chi connectivity index (χ2n) is 13.3. The van der Waals surface area contributed by atoms with Gasteiger partial charge in [0.15, 0.2) is 32.8 Å². The summed E-state index contributed by atoms with van der Waals surface area (Å²) < 4.78 is 93.8. The van der Waals surface area contributed by atoms with Gasteiger partial charge in [0.25, 0.3) is 0 Å². The van der Waals surface area contributed by atoms with Crippen LogP contribution in [0.3, 0.4) is 0 Å². The van der Waals surface area contributed by atoms with E-state index in [-0.39, 0.29) is 62.0 Å². The number of phosphoric ester groups is 1. The number of sulfone groups is 1. The van der Waals surface area contributed by atoms with E-state index in [1.54, 1.807) is 6.07 Å². The lowest BCUT2D eigenvalue weighted by Crippen LogP contribution is -2.17. The number of methoxy groups -OCH3 is 3. The molecule has 1 aliphatic heterocycles. The predicted molar refractivity (Wildman–Crippen MR) is 213 cm³/mol. The van der Waals surface area contributed by atoms with Crippen LogP contribution >= 0.6 is 7.82 Å². The molecule has 1 heterocycles. The van der Waals surface area contributed by atoms with Crippen LogP contribution in [-0.4, -0.2) is 61.1 Å². The number of ether oxygens (including phenoxy) is 6. The fraction of sp³-hybridized carbons (Fsp3) is 0.405. The molecule has 1 fully saturated rings. The number of carbonyl (C=O) groups excluding carboxylic acids is 1. The van der Waals surface area contributed by atoms with Gasteiger partial charge in [-0.15, -0.1) is 0 Å². The van der Waals surface area contributed by atoms with Crippen molar-refractivity contribution in [1.82, 2.24) is 0 Å². The van der Waals surface area contributed by atoms with E-state index >= 15 is 0 Å². The van der Waals surface area contributed by atoms with Crippen molar-refractivity contribution in [1.29, 1.82) is 0 Å². The van der Waals surface area contributed by atoms with E-state index < -0.39 is 35.3 Å². The van der Waals surface area contributed by atoms with Crippen LogP contribution in [0.5, 0.6) is 28.7 Å². The van der Waals surface area contributed by atoms with E-state index in [0.717, 1.165) is 16.7 Å². The van der Waals surface area contributed by atoms with Crippen LogP contribution in [0.4, 0.5) is 0 Å². The summed E-state index contributed by atoms with van der Waals surface area (Å²) in [6.07, 6.45) is 1.08. The highest BCUT2D eigenvalue weighted by Gasteiger charge is 2.34. The standard InChI is InChI=1S/C42H51O13PS/c1-6-20-51-42-39(50-21-13-22-52-56(44,53-27-31-14-9-7-10-15-31)54-28-32-16-11-8-12-17-32)25-34(26-40(42)57(45,46)29-30(2)43)36-19-18-35(55-36)33-23-37(47-3)41(49-5)38(24-33)48-4/h7-12,14-17,23-26,35-36H,6,13,18-22,27-29H2,1-5H3/t35-,36-/m0/s1. The van der Waals surface area contributed by atoms with Crippen LogP contribution in [0.25, 0.3) is 0 Å². The first-order valence-electron chi connectivity index (χ1n) is 18.7. The fourth-order valence-electron chi connectivity index (χ4n) is 6.21. The molecule has 1 saturated heterocycles. The SMILES string of the molecule is CCCOc1c(OCCCOP(=O)(OCc2ccccc2)OCc2ccccc2)cc([C@@H]2CC[C@@H](c3cc(OC)c(OC)c(OC)c3)O2)cc1S(=O)(=O)CC(C)=O. The quantitative estimate of drug-likeness (QED) is 0.0518. The highest BCUT2D eigenvalue weighted by atomic mass is 32.2. The lowest BCUT2D eigenvalue weighted by Gasteiger charge is -2.21. The first-order chi connectivity index (χ1) is 27.5. The molecule has 0 saturated carbocycles. The Morgan fingerprint density at radius 1 is 0.702 bits per heavy atom. The van der Waals surface area contributed by atoms with Crippen LogP contribution in [0.2, 0.25) is 0 Å². The third-order valence-electron chi connectivity index (χ3n) is 8.93. The lowest BCUT2D eigenvalue weighted by molar-refractivity contribution is -0.114. The van der Waals surface area contributed by atoms with E-state index in [1.165, 1.54) is 34.3 Å². The summed E-state index contributed by atoms with van der Waals surface area (Å²) in [5.74, 6) is 0.348. The van der Waals surface area contributed by atoms with Crippen molar-refractivity contribution in [3.05, 3.63) is 107 Å². The summed E-state index contributed by atoms with van der Waals surface area (Å²) in [6.45, 7) is 3.29. The van der Waals surface area contributed by atoms with Crippen molar-refractivity contribution in [2.24, 2.45) is 0 Å². The Hall–Kier alpha value is -4.43. The first-order valence-corrected chi connectivity index (χ1v) is 21.8. The molecule has 4 aromatic rings. The Balaban J connectivity index is 1.36. The van der Waals surface area contributed by atoms with Crippen LogP contribution < -0.4 is 23.7 Å². The molecule has 0 amide bonds. The van der Waals surface area contributed by atoms with Crippen molar-refractivity contribution >= 4 is 23.4 Å². The van der Waals surface area contributed by atoms with E-state index in [2.05, 4.69) is 0 Å². The van der Waals surface area contributed by atoms with Crippen molar-refractivity contribution in [3.8, 4) is 28.7 Å². The molecule has 5 rings (SSSR count). The summed E-state index contributed by atoms with van der Waals surface area (Å²) in [6, 6.07) is 25.4. The molecular weight excluding hydrogens is 775 g/mol. The molecule has 13 nitrogen and oxygen atoms in total. The highest BCUT2D eigenvalue weighted by molar-refractivity contribution is 7.92. The van der Waals surface area contributed by atoms with E-state index in [0.29, 0.717) is 42.1 Å². The van der Waals surface area contributed by atoms with E-state index in [4.69, 9.17) is 42.0 Å². The van der Waals surface area contributed by atoms with Gasteiger partial charge in [-0.25, -0.2) is 13.0 Å². The molecule has 15 heteroatoms. The zero-order chi connectivity index (χ0) is 40.8. The molecule has 57 heavy (non-hydrogen) atoms. The second-order valence-corrected chi connectivity index (χ2v) is 16.9. The van der Waals surface area contributed by atoms with Crippen molar-refractivity contribution < 1.29 is 59.8 Å². The number of benzene rings is 4. The Bertz CT molecular complexity index is 2000. The maximum Gasteiger partial charge on any atom is 0.475 e. The number of Topliss-reactive ketones (excluding diaryl/α,β-unsaturated/α-hetero) is 1. The summed E-state index contributed by atoms with van der Waals surface area (Å²) in [5, 5.41) is 0. The van der Waals surface area contributed by atoms with E-state index in [1.807, 2.05) is 79.7 Å². The number of carbonyl (C=O) groups is 1. The Morgan fingerprint density at radius 2 is 1.25 bits per heavy atom. The molecule has 308 valence electrons. The number of hydrogen-bond donors (Lipinski definition) is 0. The van der Waals surface area contributed by atoms with Crippen molar-refractivity contribution in [2.75, 3.05) is 46.9 Å². The minimum Gasteiger partial charge on any atom is -0.493 e. The van der Waals surface area contributed by atoms with Gasteiger partial charge < -0.3 is 28.4 Å². The number of phosphoric acid groups is 1. The summed E-state index contributed by atoms with van der Waals surface area (Å²) in [4.78, 5) is 12.0. The van der Waals surface area contributed by atoms with Crippen LogP contribution in [0, 0.1) is 0 Å². The molecule has 0 spiro atoms. The molecule has 0 bridgehead atoms. The number of rotatable bonds is 23. The van der Waals surface area contributed by atoms with Crippen molar-refractivity contribution in [3.63, 3.8) is 0 Å². The van der Waals surface area contributed by atoms with Gasteiger partial charge in [-0.3, -0.25) is 18.4 Å². The van der Waals surface area contributed by atoms with Crippen LogP contribution in [0.1, 0.15) is 74.0 Å². The maximum absolute atomic E-state index is 13.8. The third-order valence-corrected chi connectivity index (χ3v) is 12.1. The summed E-state index contributed by atoms with van der Waals surface area (Å²) in [7, 11) is -3.58. The molecule has 0 N–H and O–H groups in total. The largest absolute Gasteiger partial charge is 0.493 e. The third kappa shape index (κ3) is 12.0. The molecule has 1 aliphatic rings. The zero-order valence-electron chi connectivity index (χ0n) is 33.0. The molecule has 0 radical (unpaired) electrons. The topological polar surface area (TPSA) is 151 Å². The van der Waals surface area contributed by atoms with Crippen molar-refractivity contribution in [2.45, 2.75) is 69.8 Å². The number of hydrogen-bond acceptors (Lipinski definition) is 13. The van der Waals surface area contributed by atoms with Crippen LogP contribution in [-0.2, 0) is 50.7 Å². The maximum atomic E-state index is 13.8. The first kappa shape index (κ1) is 43.7. The van der Waals surface area contributed by atoms with Crippen LogP contribution in [0.15, 0.2) is 89.8 Å². The molecule has 0 aromatic heterocycles. The van der Waals surface area contributed by atoms with Gasteiger partial charge in [0, 0.05) is 6.42 Å². The minimum atomic E-state index is -4.15. The van der Waals surface area contributed by atoms with Gasteiger partial charge in [-0.2, -0.15) is 0 Å². The number of ketones is 1. The monoisotopic (exact) mass is 826 g/mol. The van der Waals surface area contributed by atoms with Gasteiger partial charge in [0.05, 0.1) is 66.6 Å². The van der Waals surface area contributed by atoms with Gasteiger partial charge in [0.2, 0.25) is 5.75 Å². The van der Waals surface area contributed by atoms with Gasteiger partial charge in [0.1, 0.15) is 16.4 Å². The van der Waals surface area contributed by atoms with Gasteiger partial charge in [-0.1, -0.05) is 67.6 Å². The smallest absolute Gasteiger partial charge is 0.475 e. The molecule has 4 aromatic carbocycles. The minimum absolute atomic E-state index is 0.00463. The predicted octanol–water partition coefficient (Wildman–Crippen LogP) is 8.78. The Kier molecular flexibility index (Phi) is 16.0. The lowest BCUT2D eigenvalue weighted by atomic mass is 10.0. The zero-order valence-corrected chi connectivity index (χ0v) is 34.7. The highest BCUT2D eigenvalue weighted by Crippen LogP contribution is 2.51. The Labute approximate surface area is 335 Å². The van der Waals surface area contributed by atoms with E-state index in [9.17, 15) is 17.8 Å². The average molecular weight is 827 g/mol. The molecular formula is C42H51O13PS. The fourth-order valence-corrected chi connectivity index (χ4v) is 8.85. The molecule has 2 atom stereocenters. The van der Waals surface area contributed by atoms with Gasteiger partial charge >= 0.3 is 7.82 Å². The summed E-state index contributed by atoms with van der Waals surface area (Å²) >= 11 is 0. The summed E-state index contributed by atoms with van der Waals surface area (Å²) in [5.41, 5.74) is 2.93. The average Bonchev–Trinajstić information content (AvgIpc) is 3.72. The second kappa shape index (κ2) is 20.8. The molecule has 0 aliphatic carbocycles.